The Morgan fingerprint density at radius 1 is 1.04 bits per heavy atom. The minimum absolute atomic E-state index is 0.150. The zero-order valence-electron chi connectivity index (χ0n) is 12.3. The molecule has 0 atom stereocenters. The molecular formula is C15H14Cl2N4O2. The highest BCUT2D eigenvalue weighted by Gasteiger charge is 2.10. The van der Waals surface area contributed by atoms with E-state index in [4.69, 9.17) is 23.2 Å². The van der Waals surface area contributed by atoms with Gasteiger partial charge >= 0.3 is 0 Å². The fourth-order valence-electron chi connectivity index (χ4n) is 1.80. The summed E-state index contributed by atoms with van der Waals surface area (Å²) < 4.78 is 0. The maximum atomic E-state index is 12.0. The molecule has 0 fully saturated rings. The van der Waals surface area contributed by atoms with E-state index in [9.17, 15) is 9.59 Å². The maximum absolute atomic E-state index is 12.0. The number of hydrogen-bond donors (Lipinski definition) is 2. The molecule has 0 bridgehead atoms. The number of nitrogens with zero attached hydrogens (tertiary/aromatic N) is 2. The molecule has 0 spiro atoms. The summed E-state index contributed by atoms with van der Waals surface area (Å²) >= 11 is 11.9. The minimum atomic E-state index is -0.348. The lowest BCUT2D eigenvalue weighted by Crippen LogP contribution is -2.34. The van der Waals surface area contributed by atoms with Crippen molar-refractivity contribution in [2.75, 3.05) is 13.1 Å². The van der Waals surface area contributed by atoms with Crippen LogP contribution in [0.2, 0.25) is 10.0 Å². The average molecular weight is 353 g/mol. The number of nitrogens with one attached hydrogen (secondary N) is 2. The third-order valence-corrected chi connectivity index (χ3v) is 3.64. The summed E-state index contributed by atoms with van der Waals surface area (Å²) in [5, 5.41) is 6.10. The highest BCUT2D eigenvalue weighted by molar-refractivity contribution is 6.42. The van der Waals surface area contributed by atoms with Gasteiger partial charge in [-0.25, -0.2) is 9.97 Å². The van der Waals surface area contributed by atoms with E-state index in [2.05, 4.69) is 20.6 Å². The van der Waals surface area contributed by atoms with Crippen LogP contribution in [0.3, 0.4) is 0 Å². The second-order valence-corrected chi connectivity index (χ2v) is 5.47. The van der Waals surface area contributed by atoms with Crippen molar-refractivity contribution in [2.45, 2.75) is 6.92 Å². The molecule has 2 amide bonds. The molecule has 1 aromatic carbocycles. The van der Waals surface area contributed by atoms with E-state index in [-0.39, 0.29) is 17.5 Å². The van der Waals surface area contributed by atoms with E-state index in [1.807, 2.05) is 0 Å². The molecule has 6 nitrogen and oxygen atoms in total. The minimum Gasteiger partial charge on any atom is -0.355 e. The molecule has 2 aromatic rings. The summed E-state index contributed by atoms with van der Waals surface area (Å²) in [4.78, 5) is 30.9. The summed E-state index contributed by atoms with van der Waals surface area (Å²) in [6, 6.07) is 6.65. The highest BCUT2D eigenvalue weighted by Crippen LogP contribution is 2.27. The van der Waals surface area contributed by atoms with Crippen molar-refractivity contribution in [3.63, 3.8) is 0 Å². The predicted octanol–water partition coefficient (Wildman–Crippen LogP) is 2.32. The Bertz CT molecular complexity index is 737. The number of carbonyl (C=O) groups excluding carboxylic acids is 2. The van der Waals surface area contributed by atoms with E-state index >= 15 is 0 Å². The molecule has 0 aliphatic heterocycles. The molecule has 1 heterocycles. The van der Waals surface area contributed by atoms with Crippen LogP contribution < -0.4 is 10.6 Å². The molecule has 8 heteroatoms. The van der Waals surface area contributed by atoms with Crippen LogP contribution in [0.1, 0.15) is 17.4 Å². The van der Waals surface area contributed by atoms with Crippen LogP contribution in [0.25, 0.3) is 11.3 Å². The molecule has 1 aromatic heterocycles. The van der Waals surface area contributed by atoms with Crippen LogP contribution in [0.4, 0.5) is 0 Å². The summed E-state index contributed by atoms with van der Waals surface area (Å²) in [5.41, 5.74) is 1.52. The number of carbonyl (C=O) groups is 2. The average Bonchev–Trinajstić information content (AvgIpc) is 2.54. The molecule has 0 unspecified atom stereocenters. The van der Waals surface area contributed by atoms with E-state index in [0.29, 0.717) is 28.8 Å². The van der Waals surface area contributed by atoms with Crippen molar-refractivity contribution in [1.29, 1.82) is 0 Å². The highest BCUT2D eigenvalue weighted by atomic mass is 35.5. The molecule has 0 aliphatic carbocycles. The van der Waals surface area contributed by atoms with Crippen LogP contribution in [0, 0.1) is 0 Å². The quantitative estimate of drug-likeness (QED) is 0.808. The van der Waals surface area contributed by atoms with Gasteiger partial charge in [0.05, 0.1) is 15.7 Å². The summed E-state index contributed by atoms with van der Waals surface area (Å²) in [6.07, 6.45) is 1.31. The Labute approximate surface area is 143 Å². The van der Waals surface area contributed by atoms with Gasteiger partial charge in [0, 0.05) is 25.6 Å². The van der Waals surface area contributed by atoms with Gasteiger partial charge in [0.1, 0.15) is 12.0 Å². The summed E-state index contributed by atoms with van der Waals surface area (Å²) in [7, 11) is 0. The topological polar surface area (TPSA) is 84.0 Å². The fourth-order valence-corrected chi connectivity index (χ4v) is 2.10. The lowest BCUT2D eigenvalue weighted by molar-refractivity contribution is -0.118. The molecular weight excluding hydrogens is 339 g/mol. The number of aromatic nitrogens is 2. The van der Waals surface area contributed by atoms with Gasteiger partial charge in [0.25, 0.3) is 5.91 Å². The first kappa shape index (κ1) is 17.2. The second kappa shape index (κ2) is 7.89. The standard InChI is InChI=1S/C15H14Cl2N4O2/c1-9(22)18-4-5-19-15(23)14-7-13(20-8-21-14)10-2-3-11(16)12(17)6-10/h2-3,6-8H,4-5H2,1H3,(H,18,22)(H,19,23). The first-order valence-corrected chi connectivity index (χ1v) is 7.53. The number of hydrogen-bond acceptors (Lipinski definition) is 4. The van der Waals surface area contributed by atoms with Crippen molar-refractivity contribution < 1.29 is 9.59 Å². The van der Waals surface area contributed by atoms with Crippen molar-refractivity contribution in [2.24, 2.45) is 0 Å². The van der Waals surface area contributed by atoms with Gasteiger partial charge in [-0.2, -0.15) is 0 Å². The second-order valence-electron chi connectivity index (χ2n) is 4.66. The van der Waals surface area contributed by atoms with E-state index < -0.39 is 0 Å². The first-order chi connectivity index (χ1) is 11.0. The van der Waals surface area contributed by atoms with E-state index in [0.717, 1.165) is 5.56 Å². The fraction of sp³-hybridized carbons (Fsp3) is 0.200. The van der Waals surface area contributed by atoms with Gasteiger partial charge in [-0.1, -0.05) is 29.3 Å². The van der Waals surface area contributed by atoms with Crippen LogP contribution in [0.15, 0.2) is 30.6 Å². The molecule has 2 N–H and O–H groups in total. The number of benzene rings is 1. The predicted molar refractivity (Wildman–Crippen MR) is 88.5 cm³/mol. The monoisotopic (exact) mass is 352 g/mol. The first-order valence-electron chi connectivity index (χ1n) is 6.77. The van der Waals surface area contributed by atoms with E-state index in [1.54, 1.807) is 24.3 Å². The van der Waals surface area contributed by atoms with Crippen LogP contribution in [-0.2, 0) is 4.79 Å². The Hall–Kier alpha value is -2.18. The summed E-state index contributed by atoms with van der Waals surface area (Å²) in [5.74, 6) is -0.498. The molecule has 0 aliphatic rings. The van der Waals surface area contributed by atoms with Gasteiger partial charge < -0.3 is 10.6 Å². The third kappa shape index (κ3) is 4.91. The largest absolute Gasteiger partial charge is 0.355 e. The van der Waals surface area contributed by atoms with Gasteiger partial charge in [-0.15, -0.1) is 0 Å². The molecule has 0 saturated heterocycles. The lowest BCUT2D eigenvalue weighted by atomic mass is 10.1. The van der Waals surface area contributed by atoms with Crippen molar-refractivity contribution >= 4 is 35.0 Å². The number of amides is 2. The van der Waals surface area contributed by atoms with Crippen molar-refractivity contribution in [3.8, 4) is 11.3 Å². The molecule has 2 rings (SSSR count). The Balaban J connectivity index is 2.08. The van der Waals surface area contributed by atoms with Crippen LogP contribution >= 0.6 is 23.2 Å². The number of halogens is 2. The summed E-state index contributed by atoms with van der Waals surface area (Å²) in [6.45, 7) is 2.08. The molecule has 0 radical (unpaired) electrons. The van der Waals surface area contributed by atoms with Gasteiger partial charge in [0.2, 0.25) is 5.91 Å². The number of rotatable bonds is 5. The molecule has 120 valence electrons. The van der Waals surface area contributed by atoms with Gasteiger partial charge in [-0.3, -0.25) is 9.59 Å². The van der Waals surface area contributed by atoms with Crippen molar-refractivity contribution in [3.05, 3.63) is 46.3 Å². The normalized spacial score (nSPS) is 10.2. The van der Waals surface area contributed by atoms with Crippen LogP contribution in [0.5, 0.6) is 0 Å². The maximum Gasteiger partial charge on any atom is 0.270 e. The molecule has 23 heavy (non-hydrogen) atoms. The zero-order valence-corrected chi connectivity index (χ0v) is 13.8. The Morgan fingerprint density at radius 2 is 1.78 bits per heavy atom. The SMILES string of the molecule is CC(=O)NCCNC(=O)c1cc(-c2ccc(Cl)c(Cl)c2)ncn1. The Morgan fingerprint density at radius 3 is 2.48 bits per heavy atom. The van der Waals surface area contributed by atoms with Crippen molar-refractivity contribution in [1.82, 2.24) is 20.6 Å². The lowest BCUT2D eigenvalue weighted by Gasteiger charge is -2.07. The van der Waals surface area contributed by atoms with Gasteiger partial charge in [0.15, 0.2) is 0 Å². The molecule has 0 saturated carbocycles. The van der Waals surface area contributed by atoms with Crippen LogP contribution in [-0.4, -0.2) is 34.9 Å². The smallest absolute Gasteiger partial charge is 0.270 e. The van der Waals surface area contributed by atoms with Gasteiger partial charge in [-0.05, 0) is 18.2 Å². The third-order valence-electron chi connectivity index (χ3n) is 2.90. The van der Waals surface area contributed by atoms with E-state index in [1.165, 1.54) is 13.3 Å². The Kier molecular flexibility index (Phi) is 5.90. The zero-order chi connectivity index (χ0) is 16.8.